The highest BCUT2D eigenvalue weighted by Crippen LogP contribution is 2.31. The summed E-state index contributed by atoms with van der Waals surface area (Å²) in [7, 11) is 0. The van der Waals surface area contributed by atoms with Gasteiger partial charge in [-0.3, -0.25) is 0 Å². The minimum atomic E-state index is -0.235. The lowest BCUT2D eigenvalue weighted by atomic mass is 9.82. The van der Waals surface area contributed by atoms with E-state index in [2.05, 4.69) is 20.8 Å². The fourth-order valence-electron chi connectivity index (χ4n) is 3.31. The second kappa shape index (κ2) is 6.33. The number of hydrogen-bond donors (Lipinski definition) is 1. The number of ether oxygens (including phenoxy) is 1. The van der Waals surface area contributed by atoms with Gasteiger partial charge in [0, 0.05) is 12.7 Å². The SMILES string of the molecule is CCCn1cc(N)cc1C(=O)OC1CC(C)CC(C)C1. The minimum absolute atomic E-state index is 0.0486. The fourth-order valence-corrected chi connectivity index (χ4v) is 3.31. The van der Waals surface area contributed by atoms with Crippen LogP contribution in [-0.2, 0) is 11.3 Å². The summed E-state index contributed by atoms with van der Waals surface area (Å²) in [4.78, 5) is 12.3. The van der Waals surface area contributed by atoms with E-state index in [0.717, 1.165) is 25.8 Å². The van der Waals surface area contributed by atoms with Gasteiger partial charge in [-0.25, -0.2) is 4.79 Å². The van der Waals surface area contributed by atoms with Crippen molar-refractivity contribution >= 4 is 11.7 Å². The number of aromatic nitrogens is 1. The highest BCUT2D eigenvalue weighted by molar-refractivity contribution is 5.89. The second-order valence-corrected chi connectivity index (χ2v) is 6.30. The molecule has 1 fully saturated rings. The molecule has 4 nitrogen and oxygen atoms in total. The molecule has 2 N–H and O–H groups in total. The zero-order valence-corrected chi connectivity index (χ0v) is 12.8. The third-order valence-corrected chi connectivity index (χ3v) is 4.00. The molecule has 1 aromatic rings. The van der Waals surface area contributed by atoms with Crippen molar-refractivity contribution in [2.75, 3.05) is 5.73 Å². The second-order valence-electron chi connectivity index (χ2n) is 6.30. The molecule has 0 aromatic carbocycles. The van der Waals surface area contributed by atoms with Crippen molar-refractivity contribution in [2.45, 2.75) is 59.1 Å². The summed E-state index contributed by atoms with van der Waals surface area (Å²) < 4.78 is 7.60. The van der Waals surface area contributed by atoms with Gasteiger partial charge in [-0.1, -0.05) is 20.8 Å². The van der Waals surface area contributed by atoms with Gasteiger partial charge in [0.05, 0.1) is 5.69 Å². The van der Waals surface area contributed by atoms with Gasteiger partial charge in [0.15, 0.2) is 0 Å². The molecule has 1 aliphatic rings. The molecule has 0 spiro atoms. The van der Waals surface area contributed by atoms with Crippen LogP contribution in [0, 0.1) is 11.8 Å². The number of aryl methyl sites for hydroxylation is 1. The number of anilines is 1. The zero-order valence-electron chi connectivity index (χ0n) is 12.8. The molecule has 0 bridgehead atoms. The van der Waals surface area contributed by atoms with Gasteiger partial charge in [0.2, 0.25) is 0 Å². The molecule has 1 saturated carbocycles. The van der Waals surface area contributed by atoms with Gasteiger partial charge in [0.1, 0.15) is 11.8 Å². The Morgan fingerprint density at radius 3 is 2.60 bits per heavy atom. The predicted molar refractivity (Wildman–Crippen MR) is 80.5 cm³/mol. The standard InChI is InChI=1S/C16H26N2O2/c1-4-5-18-10-13(17)9-15(18)16(19)20-14-7-11(2)6-12(3)8-14/h9-12,14H,4-8,17H2,1-3H3. The summed E-state index contributed by atoms with van der Waals surface area (Å²) in [6, 6.07) is 1.72. The molecule has 0 radical (unpaired) electrons. The largest absolute Gasteiger partial charge is 0.458 e. The van der Waals surface area contributed by atoms with Gasteiger partial charge in [0.25, 0.3) is 0 Å². The minimum Gasteiger partial charge on any atom is -0.458 e. The first-order valence-corrected chi connectivity index (χ1v) is 7.66. The highest BCUT2D eigenvalue weighted by atomic mass is 16.5. The first kappa shape index (κ1) is 14.9. The smallest absolute Gasteiger partial charge is 0.355 e. The van der Waals surface area contributed by atoms with Crippen molar-refractivity contribution in [3.8, 4) is 0 Å². The van der Waals surface area contributed by atoms with E-state index >= 15 is 0 Å². The number of carbonyl (C=O) groups excluding carboxylic acids is 1. The van der Waals surface area contributed by atoms with E-state index in [1.165, 1.54) is 6.42 Å². The molecular weight excluding hydrogens is 252 g/mol. The van der Waals surface area contributed by atoms with E-state index in [1.807, 2.05) is 10.8 Å². The molecule has 2 unspecified atom stereocenters. The Hall–Kier alpha value is -1.45. The molecule has 0 saturated heterocycles. The van der Waals surface area contributed by atoms with Gasteiger partial charge in [-0.2, -0.15) is 0 Å². The lowest BCUT2D eigenvalue weighted by Gasteiger charge is -2.31. The third-order valence-electron chi connectivity index (χ3n) is 4.00. The number of nitrogen functional groups attached to an aromatic ring is 1. The van der Waals surface area contributed by atoms with Crippen molar-refractivity contribution in [3.05, 3.63) is 18.0 Å². The summed E-state index contributed by atoms with van der Waals surface area (Å²) in [6.07, 6.45) is 6.00. The molecule has 2 atom stereocenters. The molecule has 112 valence electrons. The highest BCUT2D eigenvalue weighted by Gasteiger charge is 2.27. The maximum absolute atomic E-state index is 12.3. The molecule has 0 aliphatic heterocycles. The van der Waals surface area contributed by atoms with Crippen molar-refractivity contribution in [2.24, 2.45) is 11.8 Å². The summed E-state index contributed by atoms with van der Waals surface area (Å²) in [6.45, 7) is 7.33. The van der Waals surface area contributed by atoms with Gasteiger partial charge < -0.3 is 15.0 Å². The van der Waals surface area contributed by atoms with E-state index in [0.29, 0.717) is 23.2 Å². The Kier molecular flexibility index (Phi) is 4.73. The Morgan fingerprint density at radius 1 is 1.35 bits per heavy atom. The third kappa shape index (κ3) is 3.56. The van der Waals surface area contributed by atoms with E-state index in [9.17, 15) is 4.79 Å². The number of carbonyl (C=O) groups is 1. The number of nitrogens with zero attached hydrogens (tertiary/aromatic N) is 1. The zero-order chi connectivity index (χ0) is 14.7. The van der Waals surface area contributed by atoms with E-state index in [-0.39, 0.29) is 12.1 Å². The van der Waals surface area contributed by atoms with E-state index in [4.69, 9.17) is 10.5 Å². The number of hydrogen-bond acceptors (Lipinski definition) is 3. The molecule has 4 heteroatoms. The van der Waals surface area contributed by atoms with Crippen molar-refractivity contribution in [1.82, 2.24) is 4.57 Å². The molecule has 20 heavy (non-hydrogen) atoms. The van der Waals surface area contributed by atoms with Gasteiger partial charge in [-0.15, -0.1) is 0 Å². The lowest BCUT2D eigenvalue weighted by molar-refractivity contribution is 0.00697. The molecule has 1 aromatic heterocycles. The first-order valence-electron chi connectivity index (χ1n) is 7.66. The van der Waals surface area contributed by atoms with Crippen molar-refractivity contribution in [3.63, 3.8) is 0 Å². The Morgan fingerprint density at radius 2 is 2.00 bits per heavy atom. The maximum atomic E-state index is 12.3. The van der Waals surface area contributed by atoms with Crippen LogP contribution in [0.25, 0.3) is 0 Å². The Balaban J connectivity index is 2.04. The van der Waals surface area contributed by atoms with Crippen LogP contribution in [0.2, 0.25) is 0 Å². The Bertz CT molecular complexity index is 457. The van der Waals surface area contributed by atoms with Crippen LogP contribution in [0.15, 0.2) is 12.3 Å². The summed E-state index contributed by atoms with van der Waals surface area (Å²) in [5, 5.41) is 0. The van der Waals surface area contributed by atoms with Crippen LogP contribution < -0.4 is 5.73 Å². The van der Waals surface area contributed by atoms with Crippen LogP contribution in [0.4, 0.5) is 5.69 Å². The average Bonchev–Trinajstić information content (AvgIpc) is 2.69. The fraction of sp³-hybridized carbons (Fsp3) is 0.688. The molecule has 1 aliphatic carbocycles. The number of esters is 1. The molecule has 2 rings (SSSR count). The number of nitrogens with two attached hydrogens (primary N) is 1. The van der Waals surface area contributed by atoms with Crippen LogP contribution in [0.3, 0.4) is 0 Å². The normalized spacial score (nSPS) is 26.4. The summed E-state index contributed by atoms with van der Waals surface area (Å²) >= 11 is 0. The van der Waals surface area contributed by atoms with Gasteiger partial charge in [-0.05, 0) is 43.6 Å². The molecule has 1 heterocycles. The van der Waals surface area contributed by atoms with Gasteiger partial charge >= 0.3 is 5.97 Å². The average molecular weight is 278 g/mol. The van der Waals surface area contributed by atoms with Crippen LogP contribution in [0.1, 0.15) is 56.9 Å². The predicted octanol–water partition coefficient (Wildman–Crippen LogP) is 3.46. The lowest BCUT2D eigenvalue weighted by Crippen LogP contribution is -2.29. The molecule has 0 amide bonds. The summed E-state index contributed by atoms with van der Waals surface area (Å²) in [5.74, 6) is 1.02. The van der Waals surface area contributed by atoms with Crippen LogP contribution in [-0.4, -0.2) is 16.6 Å². The van der Waals surface area contributed by atoms with E-state index < -0.39 is 0 Å². The van der Waals surface area contributed by atoms with Crippen molar-refractivity contribution < 1.29 is 9.53 Å². The van der Waals surface area contributed by atoms with Crippen molar-refractivity contribution in [1.29, 1.82) is 0 Å². The quantitative estimate of drug-likeness (QED) is 0.858. The van der Waals surface area contributed by atoms with Crippen LogP contribution >= 0.6 is 0 Å². The first-order chi connectivity index (χ1) is 9.49. The monoisotopic (exact) mass is 278 g/mol. The Labute approximate surface area is 121 Å². The van der Waals surface area contributed by atoms with Crippen LogP contribution in [0.5, 0.6) is 0 Å². The van der Waals surface area contributed by atoms with E-state index in [1.54, 1.807) is 6.07 Å². The molecular formula is C16H26N2O2. The number of rotatable bonds is 4. The maximum Gasteiger partial charge on any atom is 0.355 e. The summed E-state index contributed by atoms with van der Waals surface area (Å²) in [5.41, 5.74) is 7.00. The topological polar surface area (TPSA) is 57.2 Å².